The molecule has 3 amide bonds. The number of aryl methyl sites for hydroxylation is 1. The number of hydrogen-bond donors (Lipinski definition) is 2. The first-order chi connectivity index (χ1) is 20.5. The van der Waals surface area contributed by atoms with Crippen LogP contribution >= 0.6 is 12.2 Å². The van der Waals surface area contributed by atoms with Crippen LogP contribution < -0.4 is 15.5 Å². The third kappa shape index (κ3) is 6.88. The van der Waals surface area contributed by atoms with Gasteiger partial charge in [0.15, 0.2) is 10.8 Å². The van der Waals surface area contributed by atoms with Crippen LogP contribution in [-0.2, 0) is 19.1 Å². The molecule has 10 heteroatoms. The summed E-state index contributed by atoms with van der Waals surface area (Å²) in [6, 6.07) is 5.26. The molecule has 0 radical (unpaired) electrons. The lowest BCUT2D eigenvalue weighted by Gasteiger charge is -2.56. The molecule has 5 aliphatic rings. The molecule has 232 valence electrons. The van der Waals surface area contributed by atoms with E-state index < -0.39 is 5.54 Å². The number of ether oxygens (including phenoxy) is 1. The Labute approximate surface area is 260 Å². The summed E-state index contributed by atoms with van der Waals surface area (Å²) in [5.41, 5.74) is 1.40. The molecule has 0 spiro atoms. The van der Waals surface area contributed by atoms with E-state index in [1.165, 1.54) is 43.4 Å². The molecule has 4 aliphatic carbocycles. The Hall–Kier alpha value is -3.03. The quantitative estimate of drug-likeness (QED) is 0.188. The largest absolute Gasteiger partial charge is 0.378 e. The highest BCUT2D eigenvalue weighted by molar-refractivity contribution is 7.80. The summed E-state index contributed by atoms with van der Waals surface area (Å²) >= 11 is 5.68. The van der Waals surface area contributed by atoms with Crippen molar-refractivity contribution < 1.29 is 19.1 Å². The zero-order chi connectivity index (χ0) is 30.8. The molecule has 1 heterocycles. The number of thiocarbonyl (C=S) groups is 1. The number of benzene rings is 1. The van der Waals surface area contributed by atoms with Gasteiger partial charge in [-0.15, -0.1) is 0 Å². The predicted octanol–water partition coefficient (Wildman–Crippen LogP) is 4.89. The van der Waals surface area contributed by atoms with Crippen molar-refractivity contribution in [1.29, 1.82) is 0 Å². The van der Waals surface area contributed by atoms with Gasteiger partial charge in [-0.1, -0.05) is 6.07 Å². The molecular formula is C33H45N5O4S. The first kappa shape index (κ1) is 31.4. The molecule has 1 aromatic carbocycles. The molecular weight excluding hydrogens is 562 g/mol. The van der Waals surface area contributed by atoms with E-state index >= 15 is 0 Å². The second kappa shape index (κ2) is 12.9. The second-order valence-corrected chi connectivity index (χ2v) is 14.1. The lowest BCUT2D eigenvalue weighted by Crippen LogP contribution is -2.48. The number of carbonyl (C=O) groups excluding carboxylic acids is 3. The van der Waals surface area contributed by atoms with E-state index in [4.69, 9.17) is 23.5 Å². The number of hydrogen-bond acceptors (Lipinski definition) is 5. The Morgan fingerprint density at radius 1 is 1.05 bits per heavy atom. The van der Waals surface area contributed by atoms with Crippen molar-refractivity contribution in [1.82, 2.24) is 15.5 Å². The van der Waals surface area contributed by atoms with Crippen LogP contribution in [0.2, 0.25) is 0 Å². The van der Waals surface area contributed by atoms with Crippen molar-refractivity contribution in [2.75, 3.05) is 37.7 Å². The van der Waals surface area contributed by atoms with E-state index in [0.29, 0.717) is 68.6 Å². The average Bonchev–Trinajstić information content (AvgIpc) is 3.10. The summed E-state index contributed by atoms with van der Waals surface area (Å²) in [5, 5.41) is 6.33. The van der Waals surface area contributed by atoms with Crippen LogP contribution in [0.25, 0.3) is 4.85 Å². The predicted molar refractivity (Wildman–Crippen MR) is 170 cm³/mol. The first-order valence-electron chi connectivity index (χ1n) is 15.8. The molecule has 0 unspecified atom stereocenters. The normalized spacial score (nSPS) is 27.0. The highest BCUT2D eigenvalue weighted by atomic mass is 32.1. The van der Waals surface area contributed by atoms with Gasteiger partial charge in [0.1, 0.15) is 5.54 Å². The summed E-state index contributed by atoms with van der Waals surface area (Å²) in [7, 11) is 0. The third-order valence-corrected chi connectivity index (χ3v) is 10.4. The van der Waals surface area contributed by atoms with Gasteiger partial charge in [-0.25, -0.2) is 4.85 Å². The zero-order valence-electron chi connectivity index (χ0n) is 25.7. The lowest BCUT2D eigenvalue weighted by molar-refractivity contribution is -0.129. The minimum atomic E-state index is -0.835. The smallest absolute Gasteiger partial charge is 0.258 e. The van der Waals surface area contributed by atoms with E-state index in [-0.39, 0.29) is 23.1 Å². The number of nitrogens with zero attached hydrogens (tertiary/aromatic N) is 3. The Balaban J connectivity index is 0.952. The number of anilines is 1. The van der Waals surface area contributed by atoms with E-state index in [1.807, 2.05) is 31.7 Å². The van der Waals surface area contributed by atoms with Crippen molar-refractivity contribution in [3.05, 3.63) is 35.2 Å². The SMILES string of the molecule is [C-]#[N+]c1ccc(N2C(=O)C(C)(C)N(CCCC(=O)NCCOCCNC(=O)CC34CC5CC(CC(C5)C3)C4)C2=S)cc1C. The van der Waals surface area contributed by atoms with Gasteiger partial charge >= 0.3 is 0 Å². The lowest BCUT2D eigenvalue weighted by atomic mass is 9.49. The van der Waals surface area contributed by atoms with Gasteiger partial charge in [0.05, 0.1) is 19.8 Å². The van der Waals surface area contributed by atoms with Crippen molar-refractivity contribution >= 4 is 46.4 Å². The standard InChI is InChI=1S/C33H45N5O4S/c1-22-14-26(7-8-27(22)34-4)38-30(41)32(2,3)37(31(38)43)11-5-6-28(39)35-9-12-42-13-10-36-29(40)21-33-18-23-15-24(19-33)17-25(16-23)20-33/h7-8,14,23-25H,5-6,9-13,15-21H2,1-3H3,(H,35,39)(H,36,40). The Morgan fingerprint density at radius 2 is 1.65 bits per heavy atom. The van der Waals surface area contributed by atoms with Crippen molar-refractivity contribution in [3.63, 3.8) is 0 Å². The molecule has 4 bridgehead atoms. The molecule has 2 N–H and O–H groups in total. The van der Waals surface area contributed by atoms with Crippen LogP contribution in [0, 0.1) is 36.7 Å². The van der Waals surface area contributed by atoms with Crippen LogP contribution in [0.15, 0.2) is 18.2 Å². The maximum absolute atomic E-state index is 13.3. The minimum absolute atomic E-state index is 0.0797. The van der Waals surface area contributed by atoms with Crippen molar-refractivity contribution in [3.8, 4) is 0 Å². The minimum Gasteiger partial charge on any atom is -0.378 e. The van der Waals surface area contributed by atoms with E-state index in [9.17, 15) is 14.4 Å². The summed E-state index contributed by atoms with van der Waals surface area (Å²) in [6.07, 6.45) is 9.38. The van der Waals surface area contributed by atoms with Crippen LogP contribution in [0.3, 0.4) is 0 Å². The molecule has 1 saturated heterocycles. The van der Waals surface area contributed by atoms with Gasteiger partial charge in [0, 0.05) is 38.2 Å². The number of nitrogens with one attached hydrogen (secondary N) is 2. The van der Waals surface area contributed by atoms with Gasteiger partial charge < -0.3 is 20.3 Å². The third-order valence-electron chi connectivity index (χ3n) is 10.0. The second-order valence-electron chi connectivity index (χ2n) is 13.7. The van der Waals surface area contributed by atoms with E-state index in [1.54, 1.807) is 12.1 Å². The molecule has 1 aliphatic heterocycles. The highest BCUT2D eigenvalue weighted by Gasteiger charge is 2.51. The molecule has 6 rings (SSSR count). The number of amides is 3. The fourth-order valence-electron chi connectivity index (χ4n) is 8.37. The fraction of sp³-hybridized carbons (Fsp3) is 0.667. The molecule has 9 nitrogen and oxygen atoms in total. The first-order valence-corrected chi connectivity index (χ1v) is 16.2. The van der Waals surface area contributed by atoms with Crippen LogP contribution in [0.5, 0.6) is 0 Å². The van der Waals surface area contributed by atoms with Gasteiger partial charge in [0.25, 0.3) is 5.91 Å². The van der Waals surface area contributed by atoms with Gasteiger partial charge in [-0.3, -0.25) is 19.3 Å². The summed E-state index contributed by atoms with van der Waals surface area (Å²) in [6.45, 7) is 15.0. The van der Waals surface area contributed by atoms with Crippen molar-refractivity contribution in [2.45, 2.75) is 84.1 Å². The van der Waals surface area contributed by atoms with Gasteiger partial charge in [0.2, 0.25) is 11.8 Å². The molecule has 43 heavy (non-hydrogen) atoms. The maximum atomic E-state index is 13.3. The van der Waals surface area contributed by atoms with Crippen LogP contribution in [0.4, 0.5) is 11.4 Å². The Kier molecular flexibility index (Phi) is 9.43. The zero-order valence-corrected chi connectivity index (χ0v) is 26.6. The van der Waals surface area contributed by atoms with Crippen LogP contribution in [-0.4, -0.2) is 66.1 Å². The number of rotatable bonds is 13. The van der Waals surface area contributed by atoms with E-state index in [0.717, 1.165) is 23.3 Å². The van der Waals surface area contributed by atoms with Crippen LogP contribution in [0.1, 0.15) is 77.2 Å². The Bertz CT molecular complexity index is 1270. The average molecular weight is 608 g/mol. The molecule has 0 atom stereocenters. The molecule has 1 aromatic rings. The summed E-state index contributed by atoms with van der Waals surface area (Å²) in [5.74, 6) is 2.49. The Morgan fingerprint density at radius 3 is 2.23 bits per heavy atom. The van der Waals surface area contributed by atoms with Crippen molar-refractivity contribution in [2.24, 2.45) is 23.2 Å². The topological polar surface area (TPSA) is 95.3 Å². The fourth-order valence-corrected chi connectivity index (χ4v) is 8.87. The number of carbonyl (C=O) groups is 3. The monoisotopic (exact) mass is 607 g/mol. The molecule has 4 saturated carbocycles. The van der Waals surface area contributed by atoms with Gasteiger partial charge in [-0.2, -0.15) is 0 Å². The molecule has 5 fully saturated rings. The molecule has 0 aromatic heterocycles. The highest BCUT2D eigenvalue weighted by Crippen LogP contribution is 2.61. The van der Waals surface area contributed by atoms with Gasteiger partial charge in [-0.05, 0) is 119 Å². The summed E-state index contributed by atoms with van der Waals surface area (Å²) < 4.78 is 5.63. The maximum Gasteiger partial charge on any atom is 0.258 e. The van der Waals surface area contributed by atoms with E-state index in [2.05, 4.69) is 15.5 Å². The summed E-state index contributed by atoms with van der Waals surface area (Å²) in [4.78, 5) is 45.2.